The first-order valence-corrected chi connectivity index (χ1v) is 5.36. The Labute approximate surface area is 89.3 Å². The summed E-state index contributed by atoms with van der Waals surface area (Å²) in [6.45, 7) is 2.22. The van der Waals surface area contributed by atoms with E-state index < -0.39 is 0 Å². The van der Waals surface area contributed by atoms with E-state index in [0.29, 0.717) is 19.4 Å². The van der Waals surface area contributed by atoms with E-state index in [2.05, 4.69) is 5.43 Å². The second-order valence-corrected chi connectivity index (χ2v) is 3.81. The van der Waals surface area contributed by atoms with Crippen molar-refractivity contribution in [1.82, 2.24) is 5.43 Å². The summed E-state index contributed by atoms with van der Waals surface area (Å²) in [4.78, 5) is 22.6. The third-order valence-corrected chi connectivity index (χ3v) is 2.86. The van der Waals surface area contributed by atoms with Crippen LogP contribution in [0.15, 0.2) is 0 Å². The smallest absolute Gasteiger partial charge is 0.308 e. The van der Waals surface area contributed by atoms with Crippen molar-refractivity contribution < 1.29 is 14.3 Å². The highest BCUT2D eigenvalue weighted by molar-refractivity contribution is 5.78. The Balaban J connectivity index is 2.35. The molecule has 86 valence electrons. The van der Waals surface area contributed by atoms with Crippen LogP contribution in [0.1, 0.15) is 32.6 Å². The van der Waals surface area contributed by atoms with Gasteiger partial charge in [-0.15, -0.1) is 0 Å². The molecule has 0 aromatic heterocycles. The molecular formula is C10H18N2O3. The lowest BCUT2D eigenvalue weighted by Gasteiger charge is -2.25. The maximum Gasteiger partial charge on any atom is 0.308 e. The van der Waals surface area contributed by atoms with Gasteiger partial charge >= 0.3 is 5.97 Å². The first-order valence-electron chi connectivity index (χ1n) is 5.36. The minimum Gasteiger partial charge on any atom is -0.466 e. The molecule has 0 aliphatic heterocycles. The SMILES string of the molecule is CCOC(=O)C1CCC(C(=O)NN)CC1. The summed E-state index contributed by atoms with van der Waals surface area (Å²) in [7, 11) is 0. The van der Waals surface area contributed by atoms with Crippen molar-refractivity contribution in [3.05, 3.63) is 0 Å². The van der Waals surface area contributed by atoms with Crippen LogP contribution in [-0.4, -0.2) is 18.5 Å². The van der Waals surface area contributed by atoms with Crippen LogP contribution in [-0.2, 0) is 14.3 Å². The second-order valence-electron chi connectivity index (χ2n) is 3.81. The van der Waals surface area contributed by atoms with Crippen molar-refractivity contribution in [1.29, 1.82) is 0 Å². The summed E-state index contributed by atoms with van der Waals surface area (Å²) in [5.74, 6) is 4.71. The normalized spacial score (nSPS) is 25.7. The van der Waals surface area contributed by atoms with Gasteiger partial charge in [0.1, 0.15) is 0 Å². The molecule has 15 heavy (non-hydrogen) atoms. The molecule has 0 atom stereocenters. The Kier molecular flexibility index (Phi) is 4.55. The van der Waals surface area contributed by atoms with E-state index in [4.69, 9.17) is 10.6 Å². The molecule has 1 aliphatic rings. The number of carbonyl (C=O) groups is 2. The molecule has 0 aromatic carbocycles. The Bertz CT molecular complexity index is 235. The van der Waals surface area contributed by atoms with Crippen LogP contribution < -0.4 is 11.3 Å². The molecule has 1 fully saturated rings. The van der Waals surface area contributed by atoms with E-state index in [-0.39, 0.29) is 23.7 Å². The van der Waals surface area contributed by atoms with Crippen LogP contribution in [0.2, 0.25) is 0 Å². The number of nitrogens with one attached hydrogen (secondary N) is 1. The number of nitrogens with two attached hydrogens (primary N) is 1. The number of ether oxygens (including phenoxy) is 1. The maximum atomic E-state index is 11.4. The largest absolute Gasteiger partial charge is 0.466 e. The minimum absolute atomic E-state index is 0.0354. The summed E-state index contributed by atoms with van der Waals surface area (Å²) < 4.78 is 4.94. The van der Waals surface area contributed by atoms with Gasteiger partial charge < -0.3 is 4.74 Å². The van der Waals surface area contributed by atoms with E-state index in [1.807, 2.05) is 0 Å². The van der Waals surface area contributed by atoms with Crippen LogP contribution in [0.5, 0.6) is 0 Å². The van der Waals surface area contributed by atoms with Gasteiger partial charge in [-0.05, 0) is 32.6 Å². The summed E-state index contributed by atoms with van der Waals surface area (Å²) >= 11 is 0. The highest BCUT2D eigenvalue weighted by Crippen LogP contribution is 2.29. The number of hydrogen-bond donors (Lipinski definition) is 2. The Morgan fingerprint density at radius 2 is 1.80 bits per heavy atom. The highest BCUT2D eigenvalue weighted by atomic mass is 16.5. The summed E-state index contributed by atoms with van der Waals surface area (Å²) in [5.41, 5.74) is 2.15. The lowest BCUT2D eigenvalue weighted by molar-refractivity contribution is -0.150. The number of carbonyl (C=O) groups excluding carboxylic acids is 2. The average Bonchev–Trinajstić information content (AvgIpc) is 2.28. The van der Waals surface area contributed by atoms with E-state index in [1.165, 1.54) is 0 Å². The molecule has 0 aromatic rings. The zero-order valence-corrected chi connectivity index (χ0v) is 8.99. The van der Waals surface area contributed by atoms with Gasteiger partial charge in [-0.3, -0.25) is 15.0 Å². The van der Waals surface area contributed by atoms with Crippen LogP contribution >= 0.6 is 0 Å². The predicted octanol–water partition coefficient (Wildman–Crippen LogP) is 0.346. The molecule has 5 heteroatoms. The molecule has 1 rings (SSSR count). The summed E-state index contributed by atoms with van der Waals surface area (Å²) in [6.07, 6.45) is 2.87. The van der Waals surface area contributed by atoms with E-state index in [9.17, 15) is 9.59 Å². The molecule has 0 radical (unpaired) electrons. The molecule has 1 saturated carbocycles. The first-order chi connectivity index (χ1) is 7.19. The summed E-state index contributed by atoms with van der Waals surface area (Å²) in [6, 6.07) is 0. The van der Waals surface area contributed by atoms with E-state index in [0.717, 1.165) is 12.8 Å². The van der Waals surface area contributed by atoms with Crippen LogP contribution in [0, 0.1) is 11.8 Å². The monoisotopic (exact) mass is 214 g/mol. The lowest BCUT2D eigenvalue weighted by Crippen LogP contribution is -2.38. The zero-order chi connectivity index (χ0) is 11.3. The van der Waals surface area contributed by atoms with Gasteiger partial charge in [-0.2, -0.15) is 0 Å². The molecule has 0 unspecified atom stereocenters. The number of esters is 1. The topological polar surface area (TPSA) is 81.4 Å². The van der Waals surface area contributed by atoms with Crippen molar-refractivity contribution in [3.8, 4) is 0 Å². The second kappa shape index (κ2) is 5.70. The van der Waals surface area contributed by atoms with Crippen molar-refractivity contribution >= 4 is 11.9 Å². The van der Waals surface area contributed by atoms with Gasteiger partial charge in [0.05, 0.1) is 12.5 Å². The molecule has 1 amide bonds. The first kappa shape index (κ1) is 12.0. The third kappa shape index (κ3) is 3.20. The predicted molar refractivity (Wildman–Crippen MR) is 54.4 cm³/mol. The standard InChI is InChI=1S/C10H18N2O3/c1-2-15-10(14)8-5-3-7(4-6-8)9(13)12-11/h7-8H,2-6,11H2,1H3,(H,12,13). The zero-order valence-electron chi connectivity index (χ0n) is 8.99. The molecule has 0 bridgehead atoms. The number of amides is 1. The van der Waals surface area contributed by atoms with Gasteiger partial charge in [0, 0.05) is 5.92 Å². The van der Waals surface area contributed by atoms with Crippen molar-refractivity contribution in [2.75, 3.05) is 6.61 Å². The Morgan fingerprint density at radius 3 is 2.27 bits per heavy atom. The Hall–Kier alpha value is -1.10. The van der Waals surface area contributed by atoms with Gasteiger partial charge in [-0.25, -0.2) is 5.84 Å². The third-order valence-electron chi connectivity index (χ3n) is 2.86. The van der Waals surface area contributed by atoms with Gasteiger partial charge in [0.25, 0.3) is 0 Å². The van der Waals surface area contributed by atoms with Crippen molar-refractivity contribution in [3.63, 3.8) is 0 Å². The fourth-order valence-corrected chi connectivity index (χ4v) is 1.97. The molecule has 0 heterocycles. The Morgan fingerprint density at radius 1 is 1.27 bits per heavy atom. The number of hydrogen-bond acceptors (Lipinski definition) is 4. The van der Waals surface area contributed by atoms with Gasteiger partial charge in [0.15, 0.2) is 0 Å². The van der Waals surface area contributed by atoms with E-state index in [1.54, 1.807) is 6.92 Å². The van der Waals surface area contributed by atoms with E-state index >= 15 is 0 Å². The molecule has 0 saturated heterocycles. The average molecular weight is 214 g/mol. The van der Waals surface area contributed by atoms with Crippen LogP contribution in [0.3, 0.4) is 0 Å². The van der Waals surface area contributed by atoms with Crippen LogP contribution in [0.4, 0.5) is 0 Å². The van der Waals surface area contributed by atoms with Crippen LogP contribution in [0.25, 0.3) is 0 Å². The van der Waals surface area contributed by atoms with Crippen molar-refractivity contribution in [2.45, 2.75) is 32.6 Å². The summed E-state index contributed by atoms with van der Waals surface area (Å²) in [5, 5.41) is 0. The number of hydrazine groups is 1. The lowest BCUT2D eigenvalue weighted by atomic mass is 9.82. The highest BCUT2D eigenvalue weighted by Gasteiger charge is 2.30. The number of rotatable bonds is 3. The quantitative estimate of drug-likeness (QED) is 0.307. The molecule has 5 nitrogen and oxygen atoms in total. The van der Waals surface area contributed by atoms with Gasteiger partial charge in [-0.1, -0.05) is 0 Å². The molecular weight excluding hydrogens is 196 g/mol. The minimum atomic E-state index is -0.135. The van der Waals surface area contributed by atoms with Crippen molar-refractivity contribution in [2.24, 2.45) is 17.7 Å². The molecule has 0 spiro atoms. The molecule has 3 N–H and O–H groups in total. The fourth-order valence-electron chi connectivity index (χ4n) is 1.97. The van der Waals surface area contributed by atoms with Gasteiger partial charge in [0.2, 0.25) is 5.91 Å². The fraction of sp³-hybridized carbons (Fsp3) is 0.800. The maximum absolute atomic E-state index is 11.4. The molecule has 1 aliphatic carbocycles.